The molecule has 0 saturated carbocycles. The third-order valence-corrected chi connectivity index (χ3v) is 3.43. The number of aromatic nitrogens is 1. The van der Waals surface area contributed by atoms with Gasteiger partial charge < -0.3 is 10.1 Å². The maximum atomic E-state index is 12.1. The van der Waals surface area contributed by atoms with Gasteiger partial charge in [-0.2, -0.15) is 0 Å². The van der Waals surface area contributed by atoms with E-state index in [1.54, 1.807) is 19.2 Å². The second kappa shape index (κ2) is 6.11. The maximum Gasteiger partial charge on any atom is 0.257 e. The van der Waals surface area contributed by atoms with E-state index in [2.05, 4.69) is 10.3 Å². The lowest BCUT2D eigenvalue weighted by atomic mass is 10.1. The van der Waals surface area contributed by atoms with Crippen molar-refractivity contribution in [3.05, 3.63) is 51.8 Å². The minimum atomic E-state index is -0.302. The Labute approximate surface area is 126 Å². The van der Waals surface area contributed by atoms with Crippen molar-refractivity contribution in [1.82, 2.24) is 4.98 Å². The number of halogens is 2. The molecule has 20 heavy (non-hydrogen) atoms. The van der Waals surface area contributed by atoms with Crippen molar-refractivity contribution in [1.29, 1.82) is 0 Å². The maximum absolute atomic E-state index is 12.1. The van der Waals surface area contributed by atoms with E-state index in [1.807, 2.05) is 13.0 Å². The molecule has 0 spiro atoms. The first-order valence-corrected chi connectivity index (χ1v) is 6.54. The van der Waals surface area contributed by atoms with E-state index in [0.717, 1.165) is 11.3 Å². The Hall–Kier alpha value is -1.78. The van der Waals surface area contributed by atoms with Crippen LogP contribution in [0.4, 0.5) is 5.69 Å². The number of methoxy groups -OCH3 is 1. The Kier molecular flexibility index (Phi) is 4.47. The number of pyridine rings is 1. The molecular formula is C14H12Cl2N2O2. The fourth-order valence-corrected chi connectivity index (χ4v) is 1.91. The molecular weight excluding hydrogens is 299 g/mol. The quantitative estimate of drug-likeness (QED) is 0.873. The Bertz CT molecular complexity index is 660. The van der Waals surface area contributed by atoms with Crippen LogP contribution in [-0.2, 0) is 0 Å². The number of hydrogen-bond acceptors (Lipinski definition) is 3. The molecule has 6 heteroatoms. The van der Waals surface area contributed by atoms with Crippen LogP contribution in [-0.4, -0.2) is 18.0 Å². The average Bonchev–Trinajstić information content (AvgIpc) is 2.43. The normalized spacial score (nSPS) is 10.2. The topological polar surface area (TPSA) is 51.2 Å². The molecule has 1 aromatic heterocycles. The number of anilines is 1. The molecule has 1 heterocycles. The number of aryl methyl sites for hydroxylation is 1. The first kappa shape index (κ1) is 14.6. The molecule has 4 nitrogen and oxygen atoms in total. The minimum Gasteiger partial charge on any atom is -0.497 e. The molecule has 0 bridgehead atoms. The highest BCUT2D eigenvalue weighted by Crippen LogP contribution is 2.23. The number of rotatable bonds is 3. The van der Waals surface area contributed by atoms with E-state index in [9.17, 15) is 4.79 Å². The highest BCUT2D eigenvalue weighted by molar-refractivity contribution is 6.41. The second-order valence-corrected chi connectivity index (χ2v) is 4.90. The van der Waals surface area contributed by atoms with E-state index in [0.29, 0.717) is 11.3 Å². The smallest absolute Gasteiger partial charge is 0.257 e. The molecule has 0 aliphatic rings. The monoisotopic (exact) mass is 310 g/mol. The first-order chi connectivity index (χ1) is 9.51. The van der Waals surface area contributed by atoms with E-state index in [4.69, 9.17) is 27.9 Å². The summed E-state index contributed by atoms with van der Waals surface area (Å²) in [6.45, 7) is 1.88. The van der Waals surface area contributed by atoms with Crippen LogP contribution in [0.1, 0.15) is 15.9 Å². The van der Waals surface area contributed by atoms with Gasteiger partial charge in [0, 0.05) is 11.9 Å². The number of carbonyl (C=O) groups is 1. The van der Waals surface area contributed by atoms with Gasteiger partial charge in [-0.15, -0.1) is 0 Å². The highest BCUT2D eigenvalue weighted by atomic mass is 35.5. The Morgan fingerprint density at radius 2 is 2.05 bits per heavy atom. The summed E-state index contributed by atoms with van der Waals surface area (Å²) in [5, 5.41) is 3.20. The molecule has 0 aliphatic heterocycles. The van der Waals surface area contributed by atoms with Gasteiger partial charge in [0.2, 0.25) is 0 Å². The second-order valence-electron chi connectivity index (χ2n) is 4.13. The van der Waals surface area contributed by atoms with Crippen molar-refractivity contribution >= 4 is 34.8 Å². The number of nitrogens with zero attached hydrogens (tertiary/aromatic N) is 1. The zero-order valence-electron chi connectivity index (χ0n) is 10.9. The van der Waals surface area contributed by atoms with Gasteiger partial charge in [0.25, 0.3) is 5.91 Å². The summed E-state index contributed by atoms with van der Waals surface area (Å²) in [5.74, 6) is 0.432. The summed E-state index contributed by atoms with van der Waals surface area (Å²) >= 11 is 11.6. The van der Waals surface area contributed by atoms with E-state index in [-0.39, 0.29) is 16.1 Å². The van der Waals surface area contributed by atoms with Crippen molar-refractivity contribution in [2.24, 2.45) is 0 Å². The minimum absolute atomic E-state index is 0.170. The predicted octanol–water partition coefficient (Wildman–Crippen LogP) is 3.96. The molecule has 0 unspecified atom stereocenters. The van der Waals surface area contributed by atoms with Gasteiger partial charge in [-0.25, -0.2) is 4.98 Å². The summed E-state index contributed by atoms with van der Waals surface area (Å²) in [7, 11) is 1.59. The van der Waals surface area contributed by atoms with Gasteiger partial charge in [0.1, 0.15) is 10.9 Å². The zero-order valence-corrected chi connectivity index (χ0v) is 12.4. The number of carbonyl (C=O) groups excluding carboxylic acids is 1. The van der Waals surface area contributed by atoms with E-state index < -0.39 is 0 Å². The van der Waals surface area contributed by atoms with Crippen LogP contribution in [0.2, 0.25) is 10.2 Å². The molecule has 1 amide bonds. The summed E-state index contributed by atoms with van der Waals surface area (Å²) in [6.07, 6.45) is 1.38. The third kappa shape index (κ3) is 3.21. The number of nitrogens with one attached hydrogen (secondary N) is 1. The van der Waals surface area contributed by atoms with Crippen molar-refractivity contribution in [3.63, 3.8) is 0 Å². The van der Waals surface area contributed by atoms with Crippen LogP contribution in [0.25, 0.3) is 0 Å². The fraction of sp³-hybridized carbons (Fsp3) is 0.143. The molecule has 2 rings (SSSR count). The fourth-order valence-electron chi connectivity index (χ4n) is 1.64. The highest BCUT2D eigenvalue weighted by Gasteiger charge is 2.11. The van der Waals surface area contributed by atoms with Crippen molar-refractivity contribution in [2.45, 2.75) is 6.92 Å². The molecule has 0 radical (unpaired) electrons. The van der Waals surface area contributed by atoms with Gasteiger partial charge in [0.15, 0.2) is 0 Å². The SMILES string of the molecule is COc1ccc(NC(=O)c2cnc(Cl)c(Cl)c2)c(C)c1. The van der Waals surface area contributed by atoms with Crippen LogP contribution in [0.5, 0.6) is 5.75 Å². The molecule has 1 aromatic carbocycles. The third-order valence-electron chi connectivity index (χ3n) is 2.74. The molecule has 0 aliphatic carbocycles. The van der Waals surface area contributed by atoms with Crippen LogP contribution >= 0.6 is 23.2 Å². The van der Waals surface area contributed by atoms with Crippen molar-refractivity contribution in [3.8, 4) is 5.75 Å². The predicted molar refractivity (Wildman–Crippen MR) is 79.9 cm³/mol. The van der Waals surface area contributed by atoms with Crippen LogP contribution in [0.3, 0.4) is 0 Å². The zero-order chi connectivity index (χ0) is 14.7. The van der Waals surface area contributed by atoms with Gasteiger partial charge in [-0.3, -0.25) is 4.79 Å². The number of ether oxygens (including phenoxy) is 1. The lowest BCUT2D eigenvalue weighted by molar-refractivity contribution is 0.102. The van der Waals surface area contributed by atoms with Gasteiger partial charge >= 0.3 is 0 Å². The molecule has 0 saturated heterocycles. The number of hydrogen-bond donors (Lipinski definition) is 1. The Morgan fingerprint density at radius 3 is 2.65 bits per heavy atom. The van der Waals surface area contributed by atoms with E-state index in [1.165, 1.54) is 12.3 Å². The molecule has 1 N–H and O–H groups in total. The van der Waals surface area contributed by atoms with Crippen molar-refractivity contribution in [2.75, 3.05) is 12.4 Å². The van der Waals surface area contributed by atoms with E-state index >= 15 is 0 Å². The molecule has 2 aromatic rings. The van der Waals surface area contributed by atoms with Crippen LogP contribution in [0, 0.1) is 6.92 Å². The molecule has 104 valence electrons. The molecule has 0 atom stereocenters. The Morgan fingerprint density at radius 1 is 1.30 bits per heavy atom. The standard InChI is InChI=1S/C14H12Cl2N2O2/c1-8-5-10(20-2)3-4-12(8)18-14(19)9-6-11(15)13(16)17-7-9/h3-7H,1-2H3,(H,18,19). The van der Waals surface area contributed by atoms with Gasteiger partial charge in [-0.05, 0) is 36.8 Å². The number of benzene rings is 1. The van der Waals surface area contributed by atoms with Crippen LogP contribution < -0.4 is 10.1 Å². The molecule has 0 fully saturated rings. The lowest BCUT2D eigenvalue weighted by Gasteiger charge is -2.10. The summed E-state index contributed by atoms with van der Waals surface area (Å²) < 4.78 is 5.11. The van der Waals surface area contributed by atoms with Crippen LogP contribution in [0.15, 0.2) is 30.5 Å². The van der Waals surface area contributed by atoms with Gasteiger partial charge in [-0.1, -0.05) is 23.2 Å². The Balaban J connectivity index is 2.21. The average molecular weight is 311 g/mol. The van der Waals surface area contributed by atoms with Crippen molar-refractivity contribution < 1.29 is 9.53 Å². The largest absolute Gasteiger partial charge is 0.497 e. The summed E-state index contributed by atoms with van der Waals surface area (Å²) in [6, 6.07) is 6.86. The first-order valence-electron chi connectivity index (χ1n) is 5.78. The van der Waals surface area contributed by atoms with Gasteiger partial charge in [0.05, 0.1) is 17.7 Å². The summed E-state index contributed by atoms with van der Waals surface area (Å²) in [5.41, 5.74) is 1.93. The number of amides is 1. The summed E-state index contributed by atoms with van der Waals surface area (Å²) in [4.78, 5) is 15.9. The lowest BCUT2D eigenvalue weighted by Crippen LogP contribution is -2.13.